The third-order valence-corrected chi connectivity index (χ3v) is 2.42. The maximum atomic E-state index is 4.46. The van der Waals surface area contributed by atoms with E-state index in [-0.39, 0.29) is 0 Å². The van der Waals surface area contributed by atoms with Gasteiger partial charge < -0.3 is 15.5 Å². The molecule has 0 spiro atoms. The number of anilines is 2. The van der Waals surface area contributed by atoms with E-state index in [4.69, 9.17) is 0 Å². The molecule has 0 aromatic carbocycles. The van der Waals surface area contributed by atoms with Crippen molar-refractivity contribution in [3.8, 4) is 0 Å². The van der Waals surface area contributed by atoms with Crippen LogP contribution in [-0.2, 0) is 0 Å². The number of aromatic nitrogens is 2. The van der Waals surface area contributed by atoms with E-state index in [1.165, 1.54) is 0 Å². The highest BCUT2D eigenvalue weighted by atomic mass is 15.3. The van der Waals surface area contributed by atoms with E-state index in [0.29, 0.717) is 5.95 Å². The summed E-state index contributed by atoms with van der Waals surface area (Å²) in [5, 5.41) is 6.45. The molecule has 0 radical (unpaired) electrons. The minimum Gasteiger partial charge on any atom is -0.354 e. The van der Waals surface area contributed by atoms with E-state index in [1.54, 1.807) is 0 Å². The lowest BCUT2D eigenvalue weighted by molar-refractivity contribution is 0.585. The van der Waals surface area contributed by atoms with Crippen LogP contribution in [0.3, 0.4) is 0 Å². The first-order valence-corrected chi connectivity index (χ1v) is 5.42. The molecule has 1 fully saturated rings. The van der Waals surface area contributed by atoms with Crippen molar-refractivity contribution in [2.24, 2.45) is 0 Å². The third kappa shape index (κ3) is 2.56. The Kier molecular flexibility index (Phi) is 3.34. The molecule has 15 heavy (non-hydrogen) atoms. The van der Waals surface area contributed by atoms with Gasteiger partial charge in [-0.1, -0.05) is 0 Å². The van der Waals surface area contributed by atoms with Crippen molar-refractivity contribution in [3.05, 3.63) is 12.3 Å². The lowest BCUT2D eigenvalue weighted by Crippen LogP contribution is -2.43. The summed E-state index contributed by atoms with van der Waals surface area (Å²) < 4.78 is 0. The summed E-state index contributed by atoms with van der Waals surface area (Å²) in [4.78, 5) is 10.9. The SMILES string of the molecule is CCNc1nccc(N2CCNCC2)n1. The van der Waals surface area contributed by atoms with Crippen molar-refractivity contribution >= 4 is 11.8 Å². The number of rotatable bonds is 3. The second-order valence-electron chi connectivity index (χ2n) is 3.51. The molecule has 1 aliphatic rings. The van der Waals surface area contributed by atoms with Crippen molar-refractivity contribution < 1.29 is 0 Å². The first-order chi connectivity index (χ1) is 7.40. The lowest BCUT2D eigenvalue weighted by atomic mass is 10.3. The van der Waals surface area contributed by atoms with Gasteiger partial charge in [0.25, 0.3) is 0 Å². The molecule has 0 saturated carbocycles. The van der Waals surface area contributed by atoms with Crippen LogP contribution in [0.5, 0.6) is 0 Å². The highest BCUT2D eigenvalue weighted by Crippen LogP contribution is 2.12. The molecule has 1 aromatic heterocycles. The average molecular weight is 207 g/mol. The van der Waals surface area contributed by atoms with Crippen LogP contribution in [0.15, 0.2) is 12.3 Å². The van der Waals surface area contributed by atoms with E-state index < -0.39 is 0 Å². The Bertz CT molecular complexity index is 308. The molecule has 2 rings (SSSR count). The zero-order valence-corrected chi connectivity index (χ0v) is 9.03. The number of nitrogens with zero attached hydrogens (tertiary/aromatic N) is 3. The molecule has 1 aliphatic heterocycles. The standard InChI is InChI=1S/C10H17N5/c1-2-12-10-13-4-3-9(14-10)15-7-5-11-6-8-15/h3-4,11H,2,5-8H2,1H3,(H,12,13,14). The van der Waals surface area contributed by atoms with Crippen LogP contribution in [0.4, 0.5) is 11.8 Å². The van der Waals surface area contributed by atoms with Crippen molar-refractivity contribution in [1.29, 1.82) is 0 Å². The van der Waals surface area contributed by atoms with Crippen LogP contribution < -0.4 is 15.5 Å². The van der Waals surface area contributed by atoms with Gasteiger partial charge in [-0.25, -0.2) is 4.98 Å². The zero-order valence-electron chi connectivity index (χ0n) is 9.03. The molecule has 1 aromatic rings. The lowest BCUT2D eigenvalue weighted by Gasteiger charge is -2.28. The summed E-state index contributed by atoms with van der Waals surface area (Å²) >= 11 is 0. The molecule has 0 aliphatic carbocycles. The van der Waals surface area contributed by atoms with E-state index in [2.05, 4.69) is 25.5 Å². The van der Waals surface area contributed by atoms with Crippen molar-refractivity contribution in [2.75, 3.05) is 42.9 Å². The molecule has 5 heteroatoms. The predicted molar refractivity (Wildman–Crippen MR) is 61.3 cm³/mol. The fourth-order valence-electron chi connectivity index (χ4n) is 1.66. The monoisotopic (exact) mass is 207 g/mol. The molecule has 1 saturated heterocycles. The van der Waals surface area contributed by atoms with E-state index in [9.17, 15) is 0 Å². The molecule has 2 heterocycles. The summed E-state index contributed by atoms with van der Waals surface area (Å²) in [7, 11) is 0. The van der Waals surface area contributed by atoms with Crippen LogP contribution in [0.2, 0.25) is 0 Å². The van der Waals surface area contributed by atoms with Crippen LogP contribution in [-0.4, -0.2) is 42.7 Å². The van der Waals surface area contributed by atoms with Gasteiger partial charge in [-0.15, -0.1) is 0 Å². The summed E-state index contributed by atoms with van der Waals surface area (Å²) in [6, 6.07) is 1.96. The Balaban J connectivity index is 2.09. The van der Waals surface area contributed by atoms with Gasteiger partial charge in [0, 0.05) is 38.9 Å². The van der Waals surface area contributed by atoms with Crippen molar-refractivity contribution in [1.82, 2.24) is 15.3 Å². The van der Waals surface area contributed by atoms with Crippen molar-refractivity contribution in [2.45, 2.75) is 6.92 Å². The predicted octanol–water partition coefficient (Wildman–Crippen LogP) is 0.318. The van der Waals surface area contributed by atoms with Crippen LogP contribution in [0, 0.1) is 0 Å². The van der Waals surface area contributed by atoms with Crippen LogP contribution in [0.25, 0.3) is 0 Å². The number of piperazine rings is 1. The Labute approximate surface area is 89.9 Å². The van der Waals surface area contributed by atoms with Crippen molar-refractivity contribution in [3.63, 3.8) is 0 Å². The highest BCUT2D eigenvalue weighted by molar-refractivity contribution is 5.42. The molecule has 2 N–H and O–H groups in total. The van der Waals surface area contributed by atoms with Gasteiger partial charge in [0.05, 0.1) is 0 Å². The molecular formula is C10H17N5. The zero-order chi connectivity index (χ0) is 10.5. The van der Waals surface area contributed by atoms with Gasteiger partial charge >= 0.3 is 0 Å². The number of nitrogens with one attached hydrogen (secondary N) is 2. The second kappa shape index (κ2) is 4.93. The second-order valence-corrected chi connectivity index (χ2v) is 3.51. The minimum atomic E-state index is 0.716. The fraction of sp³-hybridized carbons (Fsp3) is 0.600. The maximum absolute atomic E-state index is 4.46. The molecular weight excluding hydrogens is 190 g/mol. The van der Waals surface area contributed by atoms with Crippen LogP contribution >= 0.6 is 0 Å². The quantitative estimate of drug-likeness (QED) is 0.747. The normalized spacial score (nSPS) is 16.5. The largest absolute Gasteiger partial charge is 0.354 e. The summed E-state index contributed by atoms with van der Waals surface area (Å²) in [5.41, 5.74) is 0. The molecule has 0 bridgehead atoms. The first kappa shape index (κ1) is 10.2. The molecule has 0 atom stereocenters. The fourth-order valence-corrected chi connectivity index (χ4v) is 1.66. The van der Waals surface area contributed by atoms with E-state index in [1.807, 2.05) is 19.2 Å². The molecule has 0 amide bonds. The van der Waals surface area contributed by atoms with Gasteiger partial charge in [-0.3, -0.25) is 0 Å². The Morgan fingerprint density at radius 3 is 3.00 bits per heavy atom. The van der Waals surface area contributed by atoms with Gasteiger partial charge in [0.15, 0.2) is 0 Å². The smallest absolute Gasteiger partial charge is 0.224 e. The highest BCUT2D eigenvalue weighted by Gasteiger charge is 2.11. The summed E-state index contributed by atoms with van der Waals surface area (Å²) in [6.07, 6.45) is 1.81. The molecule has 82 valence electrons. The number of hydrogen-bond acceptors (Lipinski definition) is 5. The van der Waals surface area contributed by atoms with Gasteiger partial charge in [0.1, 0.15) is 5.82 Å². The van der Waals surface area contributed by atoms with Crippen LogP contribution in [0.1, 0.15) is 6.92 Å². The third-order valence-electron chi connectivity index (χ3n) is 2.42. The summed E-state index contributed by atoms with van der Waals surface area (Å²) in [6.45, 7) is 6.98. The maximum Gasteiger partial charge on any atom is 0.224 e. The molecule has 0 unspecified atom stereocenters. The van der Waals surface area contributed by atoms with Gasteiger partial charge in [-0.05, 0) is 13.0 Å². The molecule has 5 nitrogen and oxygen atoms in total. The van der Waals surface area contributed by atoms with Gasteiger partial charge in [-0.2, -0.15) is 4.98 Å². The Morgan fingerprint density at radius 1 is 1.47 bits per heavy atom. The van der Waals surface area contributed by atoms with E-state index >= 15 is 0 Å². The summed E-state index contributed by atoms with van der Waals surface area (Å²) in [5.74, 6) is 1.73. The first-order valence-electron chi connectivity index (χ1n) is 5.42. The average Bonchev–Trinajstić information content (AvgIpc) is 2.31. The minimum absolute atomic E-state index is 0.716. The van der Waals surface area contributed by atoms with E-state index in [0.717, 1.165) is 38.5 Å². The van der Waals surface area contributed by atoms with Gasteiger partial charge in [0.2, 0.25) is 5.95 Å². The number of hydrogen-bond donors (Lipinski definition) is 2. The topological polar surface area (TPSA) is 53.1 Å². The Morgan fingerprint density at radius 2 is 2.27 bits per heavy atom. The Hall–Kier alpha value is -1.36.